The van der Waals surface area contributed by atoms with Crippen molar-refractivity contribution in [3.05, 3.63) is 217 Å². The van der Waals surface area contributed by atoms with Crippen LogP contribution >= 0.6 is 11.3 Å². The maximum absolute atomic E-state index is 2.49. The number of rotatable bonds is 6. The third-order valence-electron chi connectivity index (χ3n) is 12.8. The quantitative estimate of drug-likeness (QED) is 0.163. The Morgan fingerprint density at radius 1 is 0.417 bits per heavy atom. The smallest absolute Gasteiger partial charge is 0.0634 e. The molecule has 0 bridgehead atoms. The monoisotopic (exact) mass is 784 g/mol. The van der Waals surface area contributed by atoms with Crippen molar-refractivity contribution >= 4 is 70.4 Å². The topological polar surface area (TPSA) is 8.17 Å². The Morgan fingerprint density at radius 3 is 1.68 bits per heavy atom. The second-order valence-electron chi connectivity index (χ2n) is 16.5. The van der Waals surface area contributed by atoms with Crippen LogP contribution in [0, 0.1) is 0 Å². The molecular formula is C57H40N2S. The third kappa shape index (κ3) is 5.33. The van der Waals surface area contributed by atoms with Crippen molar-refractivity contribution in [2.45, 2.75) is 19.3 Å². The molecule has 11 aromatic rings. The van der Waals surface area contributed by atoms with Crippen molar-refractivity contribution in [2.24, 2.45) is 0 Å². The van der Waals surface area contributed by atoms with Crippen molar-refractivity contribution in [1.29, 1.82) is 0 Å². The zero-order valence-electron chi connectivity index (χ0n) is 33.4. The van der Waals surface area contributed by atoms with Gasteiger partial charge in [-0.1, -0.05) is 135 Å². The summed E-state index contributed by atoms with van der Waals surface area (Å²) in [5.74, 6) is 0. The Kier molecular flexibility index (Phi) is 7.79. The molecule has 2 heterocycles. The van der Waals surface area contributed by atoms with E-state index in [1.807, 2.05) is 11.3 Å². The first-order chi connectivity index (χ1) is 29.5. The van der Waals surface area contributed by atoms with Crippen LogP contribution in [0.1, 0.15) is 25.0 Å². The van der Waals surface area contributed by atoms with E-state index in [2.05, 4.69) is 230 Å². The molecule has 9 aromatic carbocycles. The number of hydrogen-bond acceptors (Lipinski definition) is 2. The lowest BCUT2D eigenvalue weighted by atomic mass is 9.81. The summed E-state index contributed by atoms with van der Waals surface area (Å²) in [6, 6.07) is 75.9. The average molecular weight is 785 g/mol. The van der Waals surface area contributed by atoms with Crippen LogP contribution in [0.5, 0.6) is 0 Å². The first kappa shape index (κ1) is 34.8. The predicted octanol–water partition coefficient (Wildman–Crippen LogP) is 16.3. The molecule has 12 rings (SSSR count). The van der Waals surface area contributed by atoms with Crippen LogP contribution in [0.3, 0.4) is 0 Å². The Bertz CT molecular complexity index is 3390. The molecule has 0 spiro atoms. The Morgan fingerprint density at radius 2 is 0.967 bits per heavy atom. The fourth-order valence-corrected chi connectivity index (χ4v) is 10.9. The van der Waals surface area contributed by atoms with Crippen molar-refractivity contribution < 1.29 is 0 Å². The van der Waals surface area contributed by atoms with Gasteiger partial charge in [-0.2, -0.15) is 0 Å². The van der Waals surface area contributed by atoms with Gasteiger partial charge < -0.3 is 9.47 Å². The van der Waals surface area contributed by atoms with Gasteiger partial charge in [0.25, 0.3) is 0 Å². The molecule has 1 aliphatic carbocycles. The van der Waals surface area contributed by atoms with Crippen LogP contribution < -0.4 is 4.90 Å². The molecule has 0 saturated heterocycles. The molecule has 0 amide bonds. The molecule has 0 saturated carbocycles. The van der Waals surface area contributed by atoms with Crippen LogP contribution in [-0.2, 0) is 5.41 Å². The lowest BCUT2D eigenvalue weighted by Gasteiger charge is -2.28. The Labute approximate surface area is 353 Å². The molecule has 60 heavy (non-hydrogen) atoms. The molecule has 0 unspecified atom stereocenters. The fraction of sp³-hybridized carbons (Fsp3) is 0.0526. The highest BCUT2D eigenvalue weighted by Gasteiger charge is 2.36. The minimum atomic E-state index is -0.187. The first-order valence-corrected chi connectivity index (χ1v) is 21.6. The molecule has 284 valence electrons. The van der Waals surface area contributed by atoms with Crippen LogP contribution in [0.15, 0.2) is 206 Å². The van der Waals surface area contributed by atoms with Crippen LogP contribution in [0.2, 0.25) is 0 Å². The zero-order valence-corrected chi connectivity index (χ0v) is 34.2. The highest BCUT2D eigenvalue weighted by Crippen LogP contribution is 2.52. The number of anilines is 3. The van der Waals surface area contributed by atoms with Gasteiger partial charge in [0.05, 0.1) is 11.0 Å². The normalized spacial score (nSPS) is 13.0. The molecule has 0 atom stereocenters. The van der Waals surface area contributed by atoms with E-state index in [-0.39, 0.29) is 5.41 Å². The molecule has 2 aromatic heterocycles. The van der Waals surface area contributed by atoms with E-state index in [1.165, 1.54) is 92.2 Å². The molecule has 0 radical (unpaired) electrons. The lowest BCUT2D eigenvalue weighted by Crippen LogP contribution is -2.16. The summed E-state index contributed by atoms with van der Waals surface area (Å²) in [5.41, 5.74) is 17.2. The number of thiophene rings is 1. The average Bonchev–Trinajstić information content (AvgIpc) is 3.92. The van der Waals surface area contributed by atoms with E-state index in [9.17, 15) is 0 Å². The number of fused-ring (bicyclic) bond motifs is 10. The molecule has 0 N–H and O–H groups in total. The highest BCUT2D eigenvalue weighted by molar-refractivity contribution is 7.26. The lowest BCUT2D eigenvalue weighted by molar-refractivity contribution is 0.660. The standard InChI is InChI=1S/C57H40N2S/c1-57(2)50-35-40(23-27-45(50)46-28-26-44(36-51(46)57)58(41-17-9-4-10-18-41)42-19-11-5-12-20-42)39-24-30-52-48(33-39)47-29-32-54-55(56(47)59(52)43-21-13-6-14-22-43)49-34-38(25-31-53(49)60-54)37-15-7-3-8-16-37/h3-36H,1-2H3. The van der Waals surface area contributed by atoms with Crippen LogP contribution in [-0.4, -0.2) is 4.57 Å². The number of para-hydroxylation sites is 3. The van der Waals surface area contributed by atoms with Gasteiger partial charge in [-0.3, -0.25) is 0 Å². The summed E-state index contributed by atoms with van der Waals surface area (Å²) < 4.78 is 5.11. The van der Waals surface area contributed by atoms with Crippen molar-refractivity contribution in [3.8, 4) is 39.1 Å². The molecule has 2 nitrogen and oxygen atoms in total. The van der Waals surface area contributed by atoms with Gasteiger partial charge in [0.2, 0.25) is 0 Å². The van der Waals surface area contributed by atoms with E-state index in [1.54, 1.807) is 0 Å². The van der Waals surface area contributed by atoms with E-state index in [0.29, 0.717) is 0 Å². The number of nitrogens with zero attached hydrogens (tertiary/aromatic N) is 2. The van der Waals surface area contributed by atoms with Gasteiger partial charge in [-0.05, 0) is 129 Å². The second-order valence-corrected chi connectivity index (χ2v) is 17.6. The Hall–Kier alpha value is -7.20. The molecule has 0 aliphatic heterocycles. The summed E-state index contributed by atoms with van der Waals surface area (Å²) in [7, 11) is 0. The van der Waals surface area contributed by atoms with E-state index in [4.69, 9.17) is 0 Å². The second kappa shape index (κ2) is 13.4. The third-order valence-corrected chi connectivity index (χ3v) is 13.9. The Balaban J connectivity index is 1.00. The zero-order chi connectivity index (χ0) is 40.0. The molecule has 3 heteroatoms. The van der Waals surface area contributed by atoms with Crippen molar-refractivity contribution in [1.82, 2.24) is 4.57 Å². The summed E-state index contributed by atoms with van der Waals surface area (Å²) in [6.07, 6.45) is 0. The minimum Gasteiger partial charge on any atom is -0.310 e. The van der Waals surface area contributed by atoms with E-state index < -0.39 is 0 Å². The maximum Gasteiger partial charge on any atom is 0.0634 e. The minimum absolute atomic E-state index is 0.187. The first-order valence-electron chi connectivity index (χ1n) is 20.8. The van der Waals surface area contributed by atoms with Crippen molar-refractivity contribution in [2.75, 3.05) is 4.90 Å². The van der Waals surface area contributed by atoms with Gasteiger partial charge >= 0.3 is 0 Å². The van der Waals surface area contributed by atoms with Gasteiger partial charge in [-0.15, -0.1) is 11.3 Å². The summed E-state index contributed by atoms with van der Waals surface area (Å²) in [4.78, 5) is 2.36. The summed E-state index contributed by atoms with van der Waals surface area (Å²) >= 11 is 1.88. The van der Waals surface area contributed by atoms with E-state index in [0.717, 1.165) is 17.1 Å². The van der Waals surface area contributed by atoms with Crippen LogP contribution in [0.4, 0.5) is 17.1 Å². The number of aromatic nitrogens is 1. The summed E-state index contributed by atoms with van der Waals surface area (Å²) in [5, 5.41) is 5.17. The summed E-state index contributed by atoms with van der Waals surface area (Å²) in [6.45, 7) is 4.77. The number of benzene rings is 9. The molecular weight excluding hydrogens is 745 g/mol. The van der Waals surface area contributed by atoms with Gasteiger partial charge in [-0.25, -0.2) is 0 Å². The van der Waals surface area contributed by atoms with E-state index >= 15 is 0 Å². The van der Waals surface area contributed by atoms with Gasteiger partial charge in [0.15, 0.2) is 0 Å². The van der Waals surface area contributed by atoms with Crippen molar-refractivity contribution in [3.63, 3.8) is 0 Å². The van der Waals surface area contributed by atoms with Crippen LogP contribution in [0.25, 0.3) is 81.0 Å². The maximum atomic E-state index is 2.49. The molecule has 0 fully saturated rings. The van der Waals surface area contributed by atoms with Gasteiger partial charge in [0.1, 0.15) is 0 Å². The SMILES string of the molecule is CC1(C)c2cc(-c3ccc4c(c3)c3ccc5sc6ccc(-c7ccccc7)cc6c5c3n4-c3ccccc3)ccc2-c2ccc(N(c3ccccc3)c3ccccc3)cc21. The fourth-order valence-electron chi connectivity index (χ4n) is 9.85. The highest BCUT2D eigenvalue weighted by atomic mass is 32.1. The molecule has 1 aliphatic rings. The largest absolute Gasteiger partial charge is 0.310 e. The predicted molar refractivity (Wildman–Crippen MR) is 257 cm³/mol. The van der Waals surface area contributed by atoms with Gasteiger partial charge in [0, 0.05) is 59.1 Å². The number of hydrogen-bond donors (Lipinski definition) is 0.